The molecule has 1 fully saturated rings. The molecule has 1 saturated heterocycles. The zero-order valence-electron chi connectivity index (χ0n) is 14.9. The number of thioether (sulfide) groups is 1. The molecule has 0 spiro atoms. The number of hydrogen-bond donors (Lipinski definition) is 0. The molecule has 1 amide bonds. The molecule has 2 aromatic carbocycles. The van der Waals surface area contributed by atoms with Crippen LogP contribution in [0.2, 0.25) is 0 Å². The number of benzene rings is 2. The summed E-state index contributed by atoms with van der Waals surface area (Å²) >= 11 is 1.32. The Bertz CT molecular complexity index is 884. The van der Waals surface area contributed by atoms with Crippen LogP contribution in [0.1, 0.15) is 11.1 Å². The van der Waals surface area contributed by atoms with Gasteiger partial charge in [0.05, 0.1) is 32.7 Å². The van der Waals surface area contributed by atoms with Crippen LogP contribution >= 0.6 is 11.8 Å². The van der Waals surface area contributed by atoms with Gasteiger partial charge in [-0.15, -0.1) is 5.10 Å². The summed E-state index contributed by atoms with van der Waals surface area (Å²) in [6.45, 7) is 0.330. The van der Waals surface area contributed by atoms with Crippen LogP contribution in [-0.4, -0.2) is 42.2 Å². The Kier molecular flexibility index (Phi) is 6.08. The first-order valence-electron chi connectivity index (χ1n) is 8.11. The summed E-state index contributed by atoms with van der Waals surface area (Å²) in [5.74, 6) is 1.17. The second-order valence-electron chi connectivity index (χ2n) is 5.64. The highest BCUT2D eigenvalue weighted by molar-refractivity contribution is 8.15. The first-order valence-corrected chi connectivity index (χ1v) is 9.10. The average Bonchev–Trinajstić information content (AvgIpc) is 3.03. The van der Waals surface area contributed by atoms with Crippen molar-refractivity contribution in [3.8, 4) is 11.5 Å². The molecule has 0 aliphatic carbocycles. The van der Waals surface area contributed by atoms with Crippen LogP contribution in [0.3, 0.4) is 0 Å². The van der Waals surface area contributed by atoms with Gasteiger partial charge in [-0.05, 0) is 41.5 Å². The van der Waals surface area contributed by atoms with Crippen LogP contribution in [0, 0.1) is 5.82 Å². The highest BCUT2D eigenvalue weighted by Gasteiger charge is 2.28. The summed E-state index contributed by atoms with van der Waals surface area (Å²) in [5.41, 5.74) is 1.61. The molecule has 140 valence electrons. The van der Waals surface area contributed by atoms with Crippen LogP contribution in [0.25, 0.3) is 0 Å². The summed E-state index contributed by atoms with van der Waals surface area (Å²) in [4.78, 5) is 13.7. The van der Waals surface area contributed by atoms with E-state index >= 15 is 0 Å². The molecule has 0 bridgehead atoms. The van der Waals surface area contributed by atoms with Crippen molar-refractivity contribution in [3.05, 3.63) is 59.4 Å². The largest absolute Gasteiger partial charge is 0.493 e. The highest BCUT2D eigenvalue weighted by Crippen LogP contribution is 2.27. The van der Waals surface area contributed by atoms with Gasteiger partial charge < -0.3 is 9.47 Å². The maximum Gasteiger partial charge on any atom is 0.239 e. The Hall–Kier alpha value is -2.87. The number of rotatable bonds is 6. The number of nitrogens with zero attached hydrogens (tertiary/aromatic N) is 3. The molecule has 8 heteroatoms. The minimum Gasteiger partial charge on any atom is -0.493 e. The predicted octanol–water partition coefficient (Wildman–Crippen LogP) is 3.31. The van der Waals surface area contributed by atoms with E-state index in [9.17, 15) is 9.18 Å². The Balaban J connectivity index is 1.74. The quantitative estimate of drug-likeness (QED) is 0.564. The molecule has 2 aromatic rings. The summed E-state index contributed by atoms with van der Waals surface area (Å²) in [6.07, 6.45) is 1.58. The number of carbonyl (C=O) groups excluding carboxylic acids is 1. The van der Waals surface area contributed by atoms with Crippen LogP contribution in [-0.2, 0) is 11.3 Å². The molecule has 1 heterocycles. The molecular formula is C19H18FN3O3S. The monoisotopic (exact) mass is 387 g/mol. The van der Waals surface area contributed by atoms with Crippen molar-refractivity contribution in [2.75, 3.05) is 20.0 Å². The molecular weight excluding hydrogens is 369 g/mol. The van der Waals surface area contributed by atoms with E-state index in [4.69, 9.17) is 9.47 Å². The fourth-order valence-electron chi connectivity index (χ4n) is 2.48. The van der Waals surface area contributed by atoms with Crippen LogP contribution in [0.15, 0.2) is 52.7 Å². The van der Waals surface area contributed by atoms with Crippen molar-refractivity contribution in [3.63, 3.8) is 0 Å². The zero-order valence-corrected chi connectivity index (χ0v) is 15.7. The third kappa shape index (κ3) is 4.65. The van der Waals surface area contributed by atoms with E-state index in [-0.39, 0.29) is 11.7 Å². The van der Waals surface area contributed by atoms with Gasteiger partial charge in [0, 0.05) is 0 Å². The lowest BCUT2D eigenvalue weighted by molar-refractivity contribution is -0.124. The number of methoxy groups -OCH3 is 2. The van der Waals surface area contributed by atoms with E-state index in [2.05, 4.69) is 10.2 Å². The third-order valence-electron chi connectivity index (χ3n) is 3.87. The van der Waals surface area contributed by atoms with Gasteiger partial charge in [-0.1, -0.05) is 23.9 Å². The normalized spacial score (nSPS) is 15.7. The number of hydrogen-bond acceptors (Lipinski definition) is 6. The number of halogens is 1. The lowest BCUT2D eigenvalue weighted by Gasteiger charge is -2.15. The molecule has 3 rings (SSSR count). The van der Waals surface area contributed by atoms with Gasteiger partial charge in [0.1, 0.15) is 5.82 Å². The lowest BCUT2D eigenvalue weighted by Crippen LogP contribution is -2.28. The van der Waals surface area contributed by atoms with E-state index in [1.54, 1.807) is 49.6 Å². The maximum atomic E-state index is 13.0. The van der Waals surface area contributed by atoms with Crippen molar-refractivity contribution in [1.29, 1.82) is 0 Å². The Labute approximate surface area is 160 Å². The summed E-state index contributed by atoms with van der Waals surface area (Å²) < 4.78 is 23.5. The van der Waals surface area contributed by atoms with Crippen LogP contribution in [0.5, 0.6) is 11.5 Å². The fourth-order valence-corrected chi connectivity index (χ4v) is 3.31. The van der Waals surface area contributed by atoms with E-state index < -0.39 is 0 Å². The van der Waals surface area contributed by atoms with Gasteiger partial charge in [-0.25, -0.2) is 4.39 Å². The van der Waals surface area contributed by atoms with Gasteiger partial charge >= 0.3 is 0 Å². The Morgan fingerprint density at radius 1 is 1.15 bits per heavy atom. The molecule has 0 saturated carbocycles. The summed E-state index contributed by atoms with van der Waals surface area (Å²) in [5, 5.41) is 8.77. The smallest absolute Gasteiger partial charge is 0.239 e. The standard InChI is InChI=1S/C19H18FN3O3S/c1-25-16-8-5-14(9-17(16)26-2)10-21-22-19-23(18(24)12-27-19)11-13-3-6-15(20)7-4-13/h3-10H,11-12H2,1-2H3/b21-10-,22-19+. The first kappa shape index (κ1) is 18.9. The van der Waals surface area contributed by atoms with Gasteiger partial charge in [-0.2, -0.15) is 5.10 Å². The third-order valence-corrected chi connectivity index (χ3v) is 4.82. The number of carbonyl (C=O) groups is 1. The van der Waals surface area contributed by atoms with Gasteiger partial charge in [0.15, 0.2) is 16.7 Å². The molecule has 6 nitrogen and oxygen atoms in total. The minimum absolute atomic E-state index is 0.0515. The minimum atomic E-state index is -0.311. The number of amides is 1. The van der Waals surface area contributed by atoms with Gasteiger partial charge in [0.25, 0.3) is 0 Å². The first-order chi connectivity index (χ1) is 13.1. The molecule has 0 unspecified atom stereocenters. The van der Waals surface area contributed by atoms with Gasteiger partial charge in [0.2, 0.25) is 5.91 Å². The molecule has 1 aliphatic rings. The van der Waals surface area contributed by atoms with Crippen molar-refractivity contribution in [2.45, 2.75) is 6.54 Å². The Morgan fingerprint density at radius 2 is 1.89 bits per heavy atom. The van der Waals surface area contributed by atoms with E-state index in [0.29, 0.717) is 29.0 Å². The average molecular weight is 387 g/mol. The summed E-state index contributed by atoms with van der Waals surface area (Å²) in [6, 6.07) is 11.4. The maximum absolute atomic E-state index is 13.0. The molecule has 27 heavy (non-hydrogen) atoms. The molecule has 0 atom stereocenters. The molecule has 0 radical (unpaired) electrons. The molecule has 0 N–H and O–H groups in total. The second kappa shape index (κ2) is 8.68. The zero-order chi connectivity index (χ0) is 19.2. The molecule has 0 aromatic heterocycles. The van der Waals surface area contributed by atoms with Crippen LogP contribution in [0.4, 0.5) is 4.39 Å². The number of amidine groups is 1. The van der Waals surface area contributed by atoms with Gasteiger partial charge in [-0.3, -0.25) is 9.69 Å². The topological polar surface area (TPSA) is 63.5 Å². The van der Waals surface area contributed by atoms with E-state index in [1.807, 2.05) is 6.07 Å². The van der Waals surface area contributed by atoms with E-state index in [1.165, 1.54) is 23.9 Å². The van der Waals surface area contributed by atoms with E-state index in [0.717, 1.165) is 11.1 Å². The van der Waals surface area contributed by atoms with Crippen molar-refractivity contribution >= 4 is 29.1 Å². The predicted molar refractivity (Wildman–Crippen MR) is 104 cm³/mol. The van der Waals surface area contributed by atoms with Crippen LogP contribution < -0.4 is 9.47 Å². The SMILES string of the molecule is COc1ccc(/C=N\N=C2\SCC(=O)N2Cc2ccc(F)cc2)cc1OC. The van der Waals surface area contributed by atoms with Crippen molar-refractivity contribution in [2.24, 2.45) is 10.2 Å². The lowest BCUT2D eigenvalue weighted by atomic mass is 10.2. The number of ether oxygens (including phenoxy) is 2. The Morgan fingerprint density at radius 3 is 2.59 bits per heavy atom. The fraction of sp³-hybridized carbons (Fsp3) is 0.211. The van der Waals surface area contributed by atoms with Crippen molar-refractivity contribution in [1.82, 2.24) is 4.90 Å². The highest BCUT2D eigenvalue weighted by atomic mass is 32.2. The molecule has 1 aliphatic heterocycles. The van der Waals surface area contributed by atoms with Crippen molar-refractivity contribution < 1.29 is 18.7 Å². The summed E-state index contributed by atoms with van der Waals surface area (Å²) in [7, 11) is 3.13. The second-order valence-corrected chi connectivity index (χ2v) is 6.58.